The summed E-state index contributed by atoms with van der Waals surface area (Å²) >= 11 is 8.27. The van der Waals surface area contributed by atoms with Gasteiger partial charge < -0.3 is 0 Å². The van der Waals surface area contributed by atoms with E-state index in [-0.39, 0.29) is 24.8 Å². The molecule has 0 bridgehead atoms. The molecule has 0 saturated carbocycles. The molecule has 3 heterocycles. The van der Waals surface area contributed by atoms with Gasteiger partial charge >= 0.3 is 0 Å². The zero-order valence-corrected chi connectivity index (χ0v) is 19.7. The van der Waals surface area contributed by atoms with Crippen LogP contribution in [0.15, 0.2) is 73.1 Å². The normalized spacial score (nSPS) is 18.3. The van der Waals surface area contributed by atoms with Gasteiger partial charge in [-0.3, -0.25) is 9.88 Å². The van der Waals surface area contributed by atoms with Gasteiger partial charge in [-0.25, -0.2) is 0 Å². The molecule has 156 valence electrons. The van der Waals surface area contributed by atoms with Crippen LogP contribution in [0.1, 0.15) is 34.4 Å². The van der Waals surface area contributed by atoms with Crippen LogP contribution < -0.4 is 0 Å². The molecule has 0 amide bonds. The van der Waals surface area contributed by atoms with Crippen molar-refractivity contribution in [3.63, 3.8) is 0 Å². The molecule has 2 nitrogen and oxygen atoms in total. The van der Waals surface area contributed by atoms with Crippen LogP contribution in [0.4, 0.5) is 0 Å². The van der Waals surface area contributed by atoms with Gasteiger partial charge in [-0.1, -0.05) is 48.0 Å². The summed E-state index contributed by atoms with van der Waals surface area (Å²) in [7, 11) is 0. The monoisotopic (exact) mass is 476 g/mol. The van der Waals surface area contributed by atoms with Crippen LogP contribution in [-0.4, -0.2) is 15.9 Å². The highest BCUT2D eigenvalue weighted by Crippen LogP contribution is 2.46. The molecular formula is C24H23Cl3N2S. The van der Waals surface area contributed by atoms with Crippen LogP contribution >= 0.6 is 47.8 Å². The van der Waals surface area contributed by atoms with Crippen molar-refractivity contribution in [2.75, 3.05) is 0 Å². The maximum absolute atomic E-state index is 6.35. The zero-order chi connectivity index (χ0) is 19.1. The van der Waals surface area contributed by atoms with E-state index < -0.39 is 0 Å². The van der Waals surface area contributed by atoms with Crippen molar-refractivity contribution in [2.24, 2.45) is 0 Å². The quantitative estimate of drug-likeness (QED) is 0.307. The second kappa shape index (κ2) is 9.67. The van der Waals surface area contributed by atoms with Crippen molar-refractivity contribution < 1.29 is 0 Å². The third-order valence-corrected chi connectivity index (χ3v) is 7.28. The average Bonchev–Trinajstić information content (AvgIpc) is 3.07. The summed E-state index contributed by atoms with van der Waals surface area (Å²) < 4.78 is 1.32. The van der Waals surface area contributed by atoms with E-state index in [4.69, 9.17) is 11.6 Å². The van der Waals surface area contributed by atoms with Gasteiger partial charge in [0.1, 0.15) is 0 Å². The lowest BCUT2D eigenvalue weighted by Gasteiger charge is -2.39. The molecule has 0 radical (unpaired) electrons. The predicted molar refractivity (Wildman–Crippen MR) is 133 cm³/mol. The molecular weight excluding hydrogens is 455 g/mol. The minimum atomic E-state index is 0. The molecule has 1 aliphatic heterocycles. The highest BCUT2D eigenvalue weighted by Gasteiger charge is 2.35. The fourth-order valence-electron chi connectivity index (χ4n) is 4.35. The first-order chi connectivity index (χ1) is 13.7. The minimum absolute atomic E-state index is 0. The molecule has 0 aliphatic carbocycles. The summed E-state index contributed by atoms with van der Waals surface area (Å²) in [6.07, 6.45) is 3.81. The standard InChI is InChI=1S/C24H21ClN2S.2ClH/c1-16-23(18-7-3-2-4-8-18)24-21(20-12-19(25)9-10-22(20)28-24)15-27(16)14-17-6-5-11-26-13-17;;/h2-13,16,23H,14-15H2,1H3;2*1H. The Morgan fingerprint density at radius 2 is 1.87 bits per heavy atom. The summed E-state index contributed by atoms with van der Waals surface area (Å²) in [6, 6.07) is 21.8. The van der Waals surface area contributed by atoms with Gasteiger partial charge in [0.15, 0.2) is 0 Å². The Hall–Kier alpha value is -1.62. The van der Waals surface area contributed by atoms with Crippen LogP contribution in [0.5, 0.6) is 0 Å². The van der Waals surface area contributed by atoms with Gasteiger partial charge in [0.2, 0.25) is 0 Å². The first-order valence-electron chi connectivity index (χ1n) is 9.59. The largest absolute Gasteiger partial charge is 0.291 e. The summed E-state index contributed by atoms with van der Waals surface area (Å²) in [5.41, 5.74) is 4.06. The number of halogens is 3. The molecule has 2 atom stereocenters. The van der Waals surface area contributed by atoms with Crippen LogP contribution in [0, 0.1) is 0 Å². The first-order valence-corrected chi connectivity index (χ1v) is 10.8. The summed E-state index contributed by atoms with van der Waals surface area (Å²) in [6.45, 7) is 4.19. The molecule has 0 N–H and O–H groups in total. The lowest BCUT2D eigenvalue weighted by atomic mass is 9.84. The number of fused-ring (bicyclic) bond motifs is 3. The zero-order valence-electron chi connectivity index (χ0n) is 16.5. The number of rotatable bonds is 3. The lowest BCUT2D eigenvalue weighted by Crippen LogP contribution is -2.40. The van der Waals surface area contributed by atoms with Crippen LogP contribution in [0.3, 0.4) is 0 Å². The minimum Gasteiger partial charge on any atom is -0.291 e. The van der Waals surface area contributed by atoms with Crippen LogP contribution in [0.2, 0.25) is 5.02 Å². The number of thiophene rings is 1. The van der Waals surface area contributed by atoms with E-state index in [1.165, 1.54) is 31.7 Å². The highest BCUT2D eigenvalue weighted by molar-refractivity contribution is 7.19. The number of hydrogen-bond acceptors (Lipinski definition) is 3. The topological polar surface area (TPSA) is 16.1 Å². The highest BCUT2D eigenvalue weighted by atomic mass is 35.5. The molecule has 4 aromatic rings. The fraction of sp³-hybridized carbons (Fsp3) is 0.208. The second-order valence-corrected chi connectivity index (χ2v) is 9.00. The summed E-state index contributed by atoms with van der Waals surface area (Å²) in [5.74, 6) is 0.359. The average molecular weight is 478 g/mol. The maximum atomic E-state index is 6.35. The SMILES string of the molecule is CC1C(c2ccccc2)c2sc3ccc(Cl)cc3c2CN1Cc1cccnc1.Cl.Cl. The van der Waals surface area contributed by atoms with Crippen molar-refractivity contribution in [2.45, 2.75) is 32.0 Å². The number of hydrogen-bond donors (Lipinski definition) is 0. The van der Waals surface area contributed by atoms with E-state index in [0.717, 1.165) is 18.1 Å². The Morgan fingerprint density at radius 3 is 2.60 bits per heavy atom. The molecule has 0 saturated heterocycles. The third-order valence-electron chi connectivity index (χ3n) is 5.75. The molecule has 2 aromatic carbocycles. The smallest absolute Gasteiger partial charge is 0.0413 e. The van der Waals surface area contributed by atoms with Gasteiger partial charge in [0, 0.05) is 52.0 Å². The van der Waals surface area contributed by atoms with E-state index in [1.54, 1.807) is 0 Å². The Balaban J connectivity index is 0.00000128. The maximum Gasteiger partial charge on any atom is 0.0413 e. The van der Waals surface area contributed by atoms with E-state index in [9.17, 15) is 0 Å². The Morgan fingerprint density at radius 1 is 1.07 bits per heavy atom. The third kappa shape index (κ3) is 4.23. The van der Waals surface area contributed by atoms with Crippen LogP contribution in [0.25, 0.3) is 10.1 Å². The number of benzene rings is 2. The Bertz CT molecular complexity index is 1120. The van der Waals surface area contributed by atoms with Gasteiger partial charge in [-0.2, -0.15) is 0 Å². The van der Waals surface area contributed by atoms with E-state index in [2.05, 4.69) is 65.3 Å². The molecule has 2 aromatic heterocycles. The summed E-state index contributed by atoms with van der Waals surface area (Å²) in [5, 5.41) is 2.11. The second-order valence-electron chi connectivity index (χ2n) is 7.48. The van der Waals surface area contributed by atoms with Crippen molar-refractivity contribution in [1.82, 2.24) is 9.88 Å². The van der Waals surface area contributed by atoms with Crippen LogP contribution in [-0.2, 0) is 13.1 Å². The van der Waals surface area contributed by atoms with Crippen molar-refractivity contribution in [3.8, 4) is 0 Å². The lowest BCUT2D eigenvalue weighted by molar-refractivity contribution is 0.163. The number of aromatic nitrogens is 1. The summed E-state index contributed by atoms with van der Waals surface area (Å²) in [4.78, 5) is 8.36. The fourth-order valence-corrected chi connectivity index (χ4v) is 5.94. The van der Waals surface area contributed by atoms with Gasteiger partial charge in [-0.15, -0.1) is 36.2 Å². The van der Waals surface area contributed by atoms with E-state index in [0.29, 0.717) is 12.0 Å². The van der Waals surface area contributed by atoms with Crippen molar-refractivity contribution >= 4 is 57.8 Å². The Kier molecular flexibility index (Phi) is 7.43. The van der Waals surface area contributed by atoms with Crippen molar-refractivity contribution in [3.05, 3.63) is 99.6 Å². The number of pyridine rings is 1. The molecule has 5 rings (SSSR count). The van der Waals surface area contributed by atoms with E-state index >= 15 is 0 Å². The molecule has 0 spiro atoms. The molecule has 30 heavy (non-hydrogen) atoms. The number of nitrogens with zero attached hydrogens (tertiary/aromatic N) is 2. The molecule has 1 aliphatic rings. The molecule has 6 heteroatoms. The predicted octanol–water partition coefficient (Wildman–Crippen LogP) is 7.33. The van der Waals surface area contributed by atoms with Gasteiger partial charge in [0.25, 0.3) is 0 Å². The Labute approximate surface area is 198 Å². The van der Waals surface area contributed by atoms with Gasteiger partial charge in [-0.05, 0) is 53.3 Å². The van der Waals surface area contributed by atoms with Gasteiger partial charge in [0.05, 0.1) is 0 Å². The molecule has 2 unspecified atom stereocenters. The molecule has 0 fully saturated rings. The van der Waals surface area contributed by atoms with Crippen molar-refractivity contribution in [1.29, 1.82) is 0 Å². The van der Waals surface area contributed by atoms with E-state index in [1.807, 2.05) is 35.9 Å². The first kappa shape index (κ1) is 23.1.